The van der Waals surface area contributed by atoms with Gasteiger partial charge in [0.05, 0.1) is 27.7 Å². The largest absolute Gasteiger partial charge is 0.472 e. The number of ether oxygens (including phenoxy) is 2. The van der Waals surface area contributed by atoms with Crippen LogP contribution in [-0.4, -0.2) is 74.9 Å². The molecule has 0 aromatic heterocycles. The monoisotopic (exact) mass is 1300 g/mol. The zero-order valence-corrected chi connectivity index (χ0v) is 60.9. The van der Waals surface area contributed by atoms with Crippen LogP contribution in [0.4, 0.5) is 0 Å². The van der Waals surface area contributed by atoms with Crippen molar-refractivity contribution in [3.63, 3.8) is 0 Å². The van der Waals surface area contributed by atoms with E-state index in [1.807, 2.05) is 21.1 Å². The van der Waals surface area contributed by atoms with Gasteiger partial charge in [0.25, 0.3) is 0 Å². The number of carbonyl (C=O) groups excluding carboxylic acids is 2. The van der Waals surface area contributed by atoms with E-state index in [0.717, 1.165) is 122 Å². The van der Waals surface area contributed by atoms with Crippen LogP contribution in [0.3, 0.4) is 0 Å². The molecule has 0 aromatic carbocycles. The van der Waals surface area contributed by atoms with Gasteiger partial charge in [-0.3, -0.25) is 18.6 Å². The zero-order chi connectivity index (χ0) is 66.9. The Labute approximate surface area is 567 Å². The maximum absolute atomic E-state index is 12.9. The van der Waals surface area contributed by atoms with E-state index in [2.05, 4.69) is 160 Å². The van der Waals surface area contributed by atoms with Crippen molar-refractivity contribution in [1.29, 1.82) is 0 Å². The van der Waals surface area contributed by atoms with Crippen LogP contribution in [-0.2, 0) is 32.7 Å². The Bertz CT molecular complexity index is 2070. The normalized spacial score (nSPS) is 13.9. The molecule has 0 aliphatic rings. The van der Waals surface area contributed by atoms with E-state index in [1.165, 1.54) is 154 Å². The molecule has 0 bridgehead atoms. The number of likely N-dealkylation sites (N-methyl/N-ethyl adjacent to an activating group) is 1. The quantitative estimate of drug-likeness (QED) is 0.0211. The molecular weight excluding hydrogens is 1160 g/mol. The summed E-state index contributed by atoms with van der Waals surface area (Å²) in [4.78, 5) is 35.9. The number of unbranched alkanes of at least 4 members (excludes halogenated alkanes) is 30. The second-order valence-corrected chi connectivity index (χ2v) is 27.4. The molecule has 526 valence electrons. The molecular formula is C82H141NO8P+. The van der Waals surface area contributed by atoms with Crippen LogP contribution in [0.15, 0.2) is 146 Å². The van der Waals surface area contributed by atoms with E-state index in [4.69, 9.17) is 18.5 Å². The van der Waals surface area contributed by atoms with Crippen LogP contribution in [0.1, 0.15) is 309 Å². The summed E-state index contributed by atoms with van der Waals surface area (Å²) in [5.74, 6) is -0.819. The van der Waals surface area contributed by atoms with Crippen molar-refractivity contribution < 1.29 is 42.1 Å². The summed E-state index contributed by atoms with van der Waals surface area (Å²) < 4.78 is 34.7. The summed E-state index contributed by atoms with van der Waals surface area (Å²) in [5, 5.41) is 0. The maximum Gasteiger partial charge on any atom is 0.472 e. The number of carbonyl (C=O) groups is 2. The third-order valence-electron chi connectivity index (χ3n) is 15.9. The summed E-state index contributed by atoms with van der Waals surface area (Å²) in [6.45, 7) is 4.31. The van der Waals surface area contributed by atoms with Gasteiger partial charge < -0.3 is 18.9 Å². The molecule has 2 atom stereocenters. The number of phosphoric ester groups is 1. The number of hydrogen-bond donors (Lipinski definition) is 1. The summed E-state index contributed by atoms with van der Waals surface area (Å²) >= 11 is 0. The van der Waals surface area contributed by atoms with Crippen molar-refractivity contribution in [3.05, 3.63) is 146 Å². The molecule has 2 unspecified atom stereocenters. The molecule has 0 spiro atoms. The van der Waals surface area contributed by atoms with Crippen molar-refractivity contribution in [3.8, 4) is 0 Å². The predicted octanol–water partition coefficient (Wildman–Crippen LogP) is 24.9. The first-order valence-electron chi connectivity index (χ1n) is 37.6. The van der Waals surface area contributed by atoms with E-state index < -0.39 is 26.5 Å². The van der Waals surface area contributed by atoms with Crippen molar-refractivity contribution >= 4 is 19.8 Å². The van der Waals surface area contributed by atoms with Crippen molar-refractivity contribution in [2.45, 2.75) is 315 Å². The number of rotatable bonds is 68. The predicted molar refractivity (Wildman–Crippen MR) is 399 cm³/mol. The zero-order valence-electron chi connectivity index (χ0n) is 60.0. The van der Waals surface area contributed by atoms with Crippen LogP contribution < -0.4 is 0 Å². The molecule has 10 heteroatoms. The first-order valence-corrected chi connectivity index (χ1v) is 39.1. The Morgan fingerprint density at radius 2 is 0.620 bits per heavy atom. The fourth-order valence-corrected chi connectivity index (χ4v) is 10.9. The molecule has 0 saturated heterocycles. The highest BCUT2D eigenvalue weighted by Crippen LogP contribution is 2.43. The number of hydrogen-bond acceptors (Lipinski definition) is 7. The standard InChI is InChI=1S/C82H140NO8P/c1-6-8-10-12-14-16-18-20-22-24-26-28-30-32-34-36-37-38-39-40-41-42-43-44-45-47-49-51-53-55-57-59-61-63-65-67-69-71-73-75-82(85)91-80(79-90-92(86,87)89-77-76-83(3,4)5)78-88-81(84)74-72-70-68-66-64-62-60-58-56-54-52-50-48-46-35-33-31-29-27-25-23-21-19-17-15-13-11-9-7-2/h8,10,14,16,20,22,25-28,32,34,37-38,40-41,43-44,47,49,53,55,59,61,80H,6-7,9,11-13,15,17-19,21,23-24,29-31,33,35-36,39,42,45-46,48,50-52,54,56-58,60,62-79H2,1-5H3/p+1/b10-8-,16-14-,22-20-,27-25-,28-26-,34-32-,38-37-,41-40-,44-43-,49-47-,55-53-,61-59-. The van der Waals surface area contributed by atoms with Gasteiger partial charge >= 0.3 is 19.8 Å². The number of nitrogens with zero attached hydrogens (tertiary/aromatic N) is 1. The second-order valence-electron chi connectivity index (χ2n) is 25.9. The van der Waals surface area contributed by atoms with Gasteiger partial charge in [0, 0.05) is 12.8 Å². The molecule has 0 fully saturated rings. The Balaban J connectivity index is 4.12. The Morgan fingerprint density at radius 3 is 0.935 bits per heavy atom. The van der Waals surface area contributed by atoms with E-state index in [-0.39, 0.29) is 32.0 Å². The lowest BCUT2D eigenvalue weighted by Gasteiger charge is -2.24. The molecule has 0 saturated carbocycles. The average molecular weight is 1300 g/mol. The van der Waals surface area contributed by atoms with Gasteiger partial charge in [-0.05, 0) is 122 Å². The van der Waals surface area contributed by atoms with E-state index in [0.29, 0.717) is 17.4 Å². The number of phosphoric acid groups is 1. The molecule has 0 rings (SSSR count). The molecule has 9 nitrogen and oxygen atoms in total. The Kier molecular flexibility index (Phi) is 68.0. The average Bonchev–Trinajstić information content (AvgIpc) is 2.14. The Morgan fingerprint density at radius 1 is 0.348 bits per heavy atom. The summed E-state index contributed by atoms with van der Waals surface area (Å²) in [5.41, 5.74) is 0. The summed E-state index contributed by atoms with van der Waals surface area (Å²) in [7, 11) is 1.45. The third kappa shape index (κ3) is 74.9. The first kappa shape index (κ1) is 87.9. The molecule has 0 radical (unpaired) electrons. The lowest BCUT2D eigenvalue weighted by atomic mass is 10.0. The minimum atomic E-state index is -4.41. The third-order valence-corrected chi connectivity index (χ3v) is 16.8. The van der Waals surface area contributed by atoms with Crippen molar-refractivity contribution in [2.24, 2.45) is 0 Å². The van der Waals surface area contributed by atoms with Crippen LogP contribution >= 0.6 is 7.82 Å². The van der Waals surface area contributed by atoms with Crippen LogP contribution in [0.25, 0.3) is 0 Å². The minimum absolute atomic E-state index is 0.0215. The van der Waals surface area contributed by atoms with Gasteiger partial charge in [-0.2, -0.15) is 0 Å². The molecule has 1 N–H and O–H groups in total. The molecule has 92 heavy (non-hydrogen) atoms. The fraction of sp³-hybridized carbons (Fsp3) is 0.683. The van der Waals surface area contributed by atoms with Gasteiger partial charge in [0.15, 0.2) is 6.10 Å². The fourth-order valence-electron chi connectivity index (χ4n) is 10.1. The first-order chi connectivity index (χ1) is 45.0. The highest BCUT2D eigenvalue weighted by Gasteiger charge is 2.27. The highest BCUT2D eigenvalue weighted by molar-refractivity contribution is 7.47. The van der Waals surface area contributed by atoms with E-state index >= 15 is 0 Å². The molecule has 0 aromatic rings. The smallest absolute Gasteiger partial charge is 0.462 e. The Hall–Kier alpha value is -4.11. The summed E-state index contributed by atoms with van der Waals surface area (Å²) in [6.07, 6.45) is 105. The lowest BCUT2D eigenvalue weighted by molar-refractivity contribution is -0.870. The number of esters is 2. The van der Waals surface area contributed by atoms with Gasteiger partial charge in [-0.25, -0.2) is 4.57 Å². The van der Waals surface area contributed by atoms with Crippen LogP contribution in [0.5, 0.6) is 0 Å². The van der Waals surface area contributed by atoms with Crippen LogP contribution in [0.2, 0.25) is 0 Å². The minimum Gasteiger partial charge on any atom is -0.462 e. The topological polar surface area (TPSA) is 108 Å². The van der Waals surface area contributed by atoms with Gasteiger partial charge in [-0.1, -0.05) is 320 Å². The van der Waals surface area contributed by atoms with E-state index in [1.54, 1.807) is 0 Å². The van der Waals surface area contributed by atoms with Gasteiger partial charge in [0.2, 0.25) is 0 Å². The van der Waals surface area contributed by atoms with Crippen LogP contribution in [0, 0.1) is 0 Å². The number of allylic oxidation sites excluding steroid dienone is 24. The maximum atomic E-state index is 12.9. The highest BCUT2D eigenvalue weighted by atomic mass is 31.2. The number of quaternary nitrogens is 1. The molecule has 0 heterocycles. The molecule has 0 amide bonds. The van der Waals surface area contributed by atoms with Crippen molar-refractivity contribution in [1.82, 2.24) is 0 Å². The van der Waals surface area contributed by atoms with Crippen molar-refractivity contribution in [2.75, 3.05) is 47.5 Å². The molecule has 0 aliphatic carbocycles. The van der Waals surface area contributed by atoms with Gasteiger partial charge in [-0.15, -0.1) is 0 Å². The van der Waals surface area contributed by atoms with E-state index in [9.17, 15) is 19.0 Å². The lowest BCUT2D eigenvalue weighted by Crippen LogP contribution is -2.37. The SMILES string of the molecule is CC/C=C\C/C=C\C/C=C\C/C=C\C/C=C\C/C=C\C/C=C\C/C=C\C/C=C\C/C=C\C/C=C\CCCCCCCC(=O)OC(COC(=O)CCCCCCCCCCCCCCCCCCC/C=C\CCCCCCCCCC)COP(=O)(O)OCC[N+](C)(C)C. The second kappa shape index (κ2) is 71.2. The molecule has 0 aliphatic heterocycles. The summed E-state index contributed by atoms with van der Waals surface area (Å²) in [6, 6.07) is 0. The van der Waals surface area contributed by atoms with Gasteiger partial charge in [0.1, 0.15) is 19.8 Å².